The molecule has 35 heavy (non-hydrogen) atoms. The summed E-state index contributed by atoms with van der Waals surface area (Å²) in [5, 5.41) is 3.59. The van der Waals surface area contributed by atoms with Crippen LogP contribution in [0.5, 0.6) is 11.5 Å². The van der Waals surface area contributed by atoms with Gasteiger partial charge in [-0.3, -0.25) is 13.9 Å². The normalized spacial score (nSPS) is 11.9. The molecule has 11 nitrogen and oxygen atoms in total. The largest absolute Gasteiger partial charge is 0.495 e. The average Bonchev–Trinajstić information content (AvgIpc) is 2.77. The van der Waals surface area contributed by atoms with Crippen LogP contribution in [0.1, 0.15) is 23.2 Å². The molecule has 13 heteroatoms. The number of methoxy groups -OCH3 is 1. The fourth-order valence-corrected chi connectivity index (χ4v) is 4.37. The van der Waals surface area contributed by atoms with E-state index >= 15 is 0 Å². The first-order valence-corrected chi connectivity index (χ1v) is 13.3. The standard InChI is InChI=1S/C22H24N2O9S2/c1-32-21-11-15(5-7-19(21)23)22(25)24-16-6-4-14-10-17(35(29,30)31)13-20(18(14)12-16)33-8-2-3-9-34(26,27)28/h4-7,10-13H,2-3,8-9,23H2,1H3,(H,24,25)(H,26,27,28)(H,29,30,31). The number of nitrogens with one attached hydrogen (secondary N) is 1. The number of amides is 1. The monoisotopic (exact) mass is 524 g/mol. The summed E-state index contributed by atoms with van der Waals surface area (Å²) in [4.78, 5) is 12.3. The van der Waals surface area contributed by atoms with E-state index in [-0.39, 0.29) is 30.1 Å². The Hall–Kier alpha value is -3.39. The van der Waals surface area contributed by atoms with Crippen molar-refractivity contribution in [2.75, 3.05) is 30.5 Å². The summed E-state index contributed by atoms with van der Waals surface area (Å²) in [5.74, 6) is -0.426. The van der Waals surface area contributed by atoms with Gasteiger partial charge in [0.15, 0.2) is 0 Å². The predicted octanol–water partition coefficient (Wildman–Crippen LogP) is 2.98. The highest BCUT2D eigenvalue weighted by Crippen LogP contribution is 2.32. The first kappa shape index (κ1) is 26.2. The van der Waals surface area contributed by atoms with Gasteiger partial charge in [0.1, 0.15) is 11.5 Å². The third-order valence-corrected chi connectivity index (χ3v) is 6.63. The Balaban J connectivity index is 1.88. The van der Waals surface area contributed by atoms with Gasteiger partial charge < -0.3 is 20.5 Å². The molecule has 0 atom stereocenters. The fraction of sp³-hybridized carbons (Fsp3) is 0.227. The van der Waals surface area contributed by atoms with Crippen molar-refractivity contribution >= 4 is 48.3 Å². The molecular weight excluding hydrogens is 500 g/mol. The summed E-state index contributed by atoms with van der Waals surface area (Å²) in [6.45, 7) is 0.0152. The molecule has 0 unspecified atom stereocenters. The number of hydrogen-bond donors (Lipinski definition) is 4. The highest BCUT2D eigenvalue weighted by molar-refractivity contribution is 7.86. The molecule has 5 N–H and O–H groups in total. The molecule has 0 spiro atoms. The second-order valence-electron chi connectivity index (χ2n) is 7.58. The van der Waals surface area contributed by atoms with Gasteiger partial charge in [-0.05, 0) is 54.6 Å². The number of rotatable bonds is 10. The molecule has 3 aromatic rings. The van der Waals surface area contributed by atoms with Crippen LogP contribution in [0.2, 0.25) is 0 Å². The molecule has 0 bridgehead atoms. The first-order chi connectivity index (χ1) is 16.4. The lowest BCUT2D eigenvalue weighted by atomic mass is 10.1. The molecule has 0 aliphatic carbocycles. The number of carbonyl (C=O) groups excluding carboxylic acids is 1. The predicted molar refractivity (Wildman–Crippen MR) is 130 cm³/mol. The van der Waals surface area contributed by atoms with Crippen molar-refractivity contribution in [2.45, 2.75) is 17.7 Å². The van der Waals surface area contributed by atoms with Crippen LogP contribution in [-0.2, 0) is 20.2 Å². The maximum atomic E-state index is 12.7. The molecule has 0 saturated carbocycles. The van der Waals surface area contributed by atoms with Crippen molar-refractivity contribution < 1.29 is 40.2 Å². The minimum absolute atomic E-state index is 0.0152. The summed E-state index contributed by atoms with van der Waals surface area (Å²) in [7, 11) is -7.20. The van der Waals surface area contributed by atoms with Gasteiger partial charge in [0, 0.05) is 22.7 Å². The molecule has 0 aliphatic rings. The summed E-state index contributed by atoms with van der Waals surface area (Å²) in [6, 6.07) is 11.6. The van der Waals surface area contributed by atoms with Crippen LogP contribution in [0, 0.1) is 0 Å². The van der Waals surface area contributed by atoms with Crippen molar-refractivity contribution in [3.63, 3.8) is 0 Å². The lowest BCUT2D eigenvalue weighted by molar-refractivity contribution is 0.102. The van der Waals surface area contributed by atoms with Crippen molar-refractivity contribution in [1.82, 2.24) is 0 Å². The summed E-state index contributed by atoms with van der Waals surface area (Å²) in [6.07, 6.45) is 0.383. The van der Waals surface area contributed by atoms with Crippen molar-refractivity contribution in [1.29, 1.82) is 0 Å². The molecular formula is C22H24N2O9S2. The number of nitrogens with two attached hydrogens (primary N) is 1. The lowest BCUT2D eigenvalue weighted by Crippen LogP contribution is -2.12. The van der Waals surface area contributed by atoms with Crippen molar-refractivity contribution in [2.24, 2.45) is 0 Å². The summed E-state index contributed by atoms with van der Waals surface area (Å²) in [5.41, 5.74) is 6.84. The summed E-state index contributed by atoms with van der Waals surface area (Å²) >= 11 is 0. The zero-order chi connectivity index (χ0) is 25.8. The van der Waals surface area contributed by atoms with E-state index in [1.807, 2.05) is 0 Å². The van der Waals surface area contributed by atoms with E-state index in [4.69, 9.17) is 19.8 Å². The Morgan fingerprint density at radius 3 is 2.37 bits per heavy atom. The van der Waals surface area contributed by atoms with Crippen LogP contribution < -0.4 is 20.5 Å². The Labute approximate surface area is 202 Å². The van der Waals surface area contributed by atoms with Gasteiger partial charge in [-0.1, -0.05) is 6.07 Å². The smallest absolute Gasteiger partial charge is 0.294 e. The average molecular weight is 525 g/mol. The van der Waals surface area contributed by atoms with Gasteiger partial charge in [0.25, 0.3) is 26.1 Å². The second-order valence-corrected chi connectivity index (χ2v) is 10.6. The van der Waals surface area contributed by atoms with Gasteiger partial charge in [0.2, 0.25) is 0 Å². The Kier molecular flexibility index (Phi) is 7.85. The number of nitrogen functional groups attached to an aromatic ring is 1. The highest BCUT2D eigenvalue weighted by atomic mass is 32.2. The molecule has 0 radical (unpaired) electrons. The van der Waals surface area contributed by atoms with E-state index < -0.39 is 31.9 Å². The van der Waals surface area contributed by atoms with Crippen LogP contribution in [0.4, 0.5) is 11.4 Å². The van der Waals surface area contributed by atoms with Crippen LogP contribution in [0.15, 0.2) is 53.4 Å². The first-order valence-electron chi connectivity index (χ1n) is 10.3. The van der Waals surface area contributed by atoms with Crippen LogP contribution in [0.3, 0.4) is 0 Å². The molecule has 0 saturated heterocycles. The maximum absolute atomic E-state index is 12.7. The van der Waals surface area contributed by atoms with E-state index in [0.29, 0.717) is 33.5 Å². The van der Waals surface area contributed by atoms with Gasteiger partial charge in [-0.15, -0.1) is 0 Å². The van der Waals surface area contributed by atoms with Gasteiger partial charge >= 0.3 is 0 Å². The van der Waals surface area contributed by atoms with Gasteiger partial charge in [0.05, 0.1) is 30.1 Å². The zero-order valence-electron chi connectivity index (χ0n) is 18.6. The Morgan fingerprint density at radius 2 is 1.71 bits per heavy atom. The number of fused-ring (bicyclic) bond motifs is 1. The third kappa shape index (κ3) is 7.05. The van der Waals surface area contributed by atoms with E-state index in [0.717, 1.165) is 6.07 Å². The van der Waals surface area contributed by atoms with Gasteiger partial charge in [-0.2, -0.15) is 16.8 Å². The summed E-state index contributed by atoms with van der Waals surface area (Å²) < 4.78 is 74.2. The van der Waals surface area contributed by atoms with Crippen LogP contribution in [0.25, 0.3) is 10.8 Å². The molecule has 0 heterocycles. The van der Waals surface area contributed by atoms with Gasteiger partial charge in [-0.25, -0.2) is 0 Å². The zero-order valence-corrected chi connectivity index (χ0v) is 20.2. The van der Waals surface area contributed by atoms with E-state index in [2.05, 4.69) is 5.32 Å². The molecule has 0 fully saturated rings. The quantitative estimate of drug-likeness (QED) is 0.175. The van der Waals surface area contributed by atoms with Crippen molar-refractivity contribution in [3.05, 3.63) is 54.1 Å². The second kappa shape index (κ2) is 10.5. The van der Waals surface area contributed by atoms with Crippen molar-refractivity contribution in [3.8, 4) is 11.5 Å². The molecule has 3 rings (SSSR count). The minimum atomic E-state index is -4.53. The minimum Gasteiger partial charge on any atom is -0.495 e. The third-order valence-electron chi connectivity index (χ3n) is 5.00. The molecule has 3 aromatic carbocycles. The van der Waals surface area contributed by atoms with E-state index in [1.165, 1.54) is 25.3 Å². The molecule has 0 aromatic heterocycles. The topological polar surface area (TPSA) is 182 Å². The molecule has 0 aliphatic heterocycles. The molecule has 188 valence electrons. The number of anilines is 2. The fourth-order valence-electron chi connectivity index (χ4n) is 3.27. The number of benzene rings is 3. The number of unbranched alkanes of at least 4 members (excludes halogenated alkanes) is 1. The molecule has 1 amide bonds. The Bertz CT molecular complexity index is 1470. The number of ether oxygens (including phenoxy) is 2. The number of hydrogen-bond acceptors (Lipinski definition) is 8. The highest BCUT2D eigenvalue weighted by Gasteiger charge is 2.16. The van der Waals surface area contributed by atoms with Crippen LogP contribution in [-0.4, -0.2) is 51.3 Å². The Morgan fingerprint density at radius 1 is 0.971 bits per heavy atom. The van der Waals surface area contributed by atoms with E-state index in [9.17, 15) is 26.2 Å². The van der Waals surface area contributed by atoms with E-state index in [1.54, 1.807) is 24.3 Å². The SMILES string of the molecule is COc1cc(C(=O)Nc2ccc3cc(S(=O)(=O)O)cc(OCCCCS(=O)(=O)O)c3c2)ccc1N. The lowest BCUT2D eigenvalue weighted by Gasteiger charge is -2.13. The number of carbonyl (C=O) groups is 1. The maximum Gasteiger partial charge on any atom is 0.294 e. The van der Waals surface area contributed by atoms with Crippen LogP contribution >= 0.6 is 0 Å².